The highest BCUT2D eigenvalue weighted by atomic mass is 16.6. The van der Waals surface area contributed by atoms with Crippen LogP contribution in [0.3, 0.4) is 0 Å². The molecule has 0 aromatic rings. The number of rotatable bonds is 41. The molecule has 0 aliphatic heterocycles. The van der Waals surface area contributed by atoms with E-state index in [1.165, 1.54) is 141 Å². The van der Waals surface area contributed by atoms with Crippen LogP contribution in [-0.2, 0) is 28.6 Å². The van der Waals surface area contributed by atoms with Crippen molar-refractivity contribution in [2.24, 2.45) is 11.8 Å². The minimum Gasteiger partial charge on any atom is -0.462 e. The van der Waals surface area contributed by atoms with Gasteiger partial charge < -0.3 is 14.2 Å². The van der Waals surface area contributed by atoms with Gasteiger partial charge in [-0.25, -0.2) is 0 Å². The molecule has 0 N–H and O–H groups in total. The van der Waals surface area contributed by atoms with E-state index in [4.69, 9.17) is 14.2 Å². The van der Waals surface area contributed by atoms with Crippen molar-refractivity contribution >= 4 is 17.9 Å². The van der Waals surface area contributed by atoms with Crippen molar-refractivity contribution < 1.29 is 28.6 Å². The molecule has 6 heteroatoms. The van der Waals surface area contributed by atoms with Crippen LogP contribution in [0.15, 0.2) is 0 Å². The fraction of sp³-hybridized carbons (Fsp3) is 0.936. The average Bonchev–Trinajstić information content (AvgIpc) is 3.14. The Kier molecular flexibility index (Phi) is 38.9. The number of hydrogen-bond donors (Lipinski definition) is 0. The van der Waals surface area contributed by atoms with Gasteiger partial charge in [0.2, 0.25) is 0 Å². The summed E-state index contributed by atoms with van der Waals surface area (Å²) in [7, 11) is 0. The van der Waals surface area contributed by atoms with E-state index in [0.29, 0.717) is 19.3 Å². The van der Waals surface area contributed by atoms with Gasteiger partial charge in [0.1, 0.15) is 13.2 Å². The zero-order valence-corrected chi connectivity index (χ0v) is 36.1. The minimum atomic E-state index is -0.761. The monoisotopic (exact) mass is 751 g/mol. The maximum Gasteiger partial charge on any atom is 0.306 e. The van der Waals surface area contributed by atoms with E-state index in [9.17, 15) is 14.4 Å². The van der Waals surface area contributed by atoms with Gasteiger partial charge in [-0.2, -0.15) is 0 Å². The van der Waals surface area contributed by atoms with Gasteiger partial charge in [0.25, 0.3) is 0 Å². The fourth-order valence-corrected chi connectivity index (χ4v) is 6.90. The van der Waals surface area contributed by atoms with Crippen LogP contribution in [0.1, 0.15) is 253 Å². The third kappa shape index (κ3) is 39.9. The maximum absolute atomic E-state index is 12.7. The van der Waals surface area contributed by atoms with Crippen molar-refractivity contribution in [3.05, 3.63) is 0 Å². The Balaban J connectivity index is 4.33. The minimum absolute atomic E-state index is 0.0659. The van der Waals surface area contributed by atoms with Crippen molar-refractivity contribution in [3.63, 3.8) is 0 Å². The highest BCUT2D eigenvalue weighted by Gasteiger charge is 2.19. The second-order valence-electron chi connectivity index (χ2n) is 16.8. The summed E-state index contributed by atoms with van der Waals surface area (Å²) in [5.41, 5.74) is 0. The Hall–Kier alpha value is -1.59. The van der Waals surface area contributed by atoms with Crippen molar-refractivity contribution in [2.75, 3.05) is 13.2 Å². The van der Waals surface area contributed by atoms with E-state index in [2.05, 4.69) is 34.6 Å². The molecule has 0 aliphatic carbocycles. The first-order valence-electron chi connectivity index (χ1n) is 23.3. The van der Waals surface area contributed by atoms with E-state index in [1.807, 2.05) is 0 Å². The molecule has 0 radical (unpaired) electrons. The summed E-state index contributed by atoms with van der Waals surface area (Å²) in [6.07, 6.45) is 38.1. The van der Waals surface area contributed by atoms with Gasteiger partial charge in [-0.3, -0.25) is 14.4 Å². The third-order valence-corrected chi connectivity index (χ3v) is 10.8. The van der Waals surface area contributed by atoms with Gasteiger partial charge in [0, 0.05) is 19.3 Å². The SMILES string of the molecule is CCCCCCCCCCCCCCCCC(=O)O[C@H](COC(=O)CCCCCCCCCCC(C)CC)COC(=O)CCCCCCCCC(C)C. The average molecular weight is 751 g/mol. The standard InChI is InChI=1S/C47H90O6/c1-6-8-9-10-11-12-13-14-15-16-17-22-29-34-39-47(50)53-44(41-52-46(49)38-33-28-24-23-25-30-35-42(3)4)40-51-45(48)37-32-27-21-19-18-20-26-31-36-43(5)7-2/h42-44H,6-41H2,1-5H3/t43?,44-/m1/s1. The Morgan fingerprint density at radius 1 is 0.396 bits per heavy atom. The van der Waals surface area contributed by atoms with Crippen LogP contribution in [0.4, 0.5) is 0 Å². The number of hydrogen-bond acceptors (Lipinski definition) is 6. The summed E-state index contributed by atoms with van der Waals surface area (Å²) in [4.78, 5) is 37.7. The van der Waals surface area contributed by atoms with Gasteiger partial charge in [-0.15, -0.1) is 0 Å². The van der Waals surface area contributed by atoms with Gasteiger partial charge in [-0.1, -0.05) is 214 Å². The summed E-state index contributed by atoms with van der Waals surface area (Å²) >= 11 is 0. The lowest BCUT2D eigenvalue weighted by Gasteiger charge is -2.18. The van der Waals surface area contributed by atoms with E-state index in [0.717, 1.165) is 69.6 Å². The number of unbranched alkanes of at least 4 members (excludes halogenated alkanes) is 25. The number of carbonyl (C=O) groups is 3. The van der Waals surface area contributed by atoms with Crippen LogP contribution >= 0.6 is 0 Å². The van der Waals surface area contributed by atoms with Crippen LogP contribution in [0.2, 0.25) is 0 Å². The highest BCUT2D eigenvalue weighted by molar-refractivity contribution is 5.71. The van der Waals surface area contributed by atoms with E-state index < -0.39 is 6.10 Å². The predicted molar refractivity (Wildman–Crippen MR) is 224 cm³/mol. The molecule has 1 unspecified atom stereocenters. The molecule has 0 spiro atoms. The Morgan fingerprint density at radius 2 is 0.717 bits per heavy atom. The smallest absolute Gasteiger partial charge is 0.306 e. The van der Waals surface area contributed by atoms with Crippen molar-refractivity contribution in [1.29, 1.82) is 0 Å². The quantitative estimate of drug-likeness (QED) is 0.0352. The van der Waals surface area contributed by atoms with Crippen molar-refractivity contribution in [3.8, 4) is 0 Å². The Morgan fingerprint density at radius 3 is 1.08 bits per heavy atom. The van der Waals surface area contributed by atoms with E-state index >= 15 is 0 Å². The molecular weight excluding hydrogens is 661 g/mol. The van der Waals surface area contributed by atoms with E-state index in [-0.39, 0.29) is 31.1 Å². The summed E-state index contributed by atoms with van der Waals surface area (Å²) in [6, 6.07) is 0. The van der Waals surface area contributed by atoms with Crippen LogP contribution in [0.5, 0.6) is 0 Å². The van der Waals surface area contributed by atoms with Crippen LogP contribution in [-0.4, -0.2) is 37.2 Å². The van der Waals surface area contributed by atoms with E-state index in [1.54, 1.807) is 0 Å². The van der Waals surface area contributed by atoms with Crippen LogP contribution in [0, 0.1) is 11.8 Å². The summed E-state index contributed by atoms with van der Waals surface area (Å²) in [6.45, 7) is 11.3. The highest BCUT2D eigenvalue weighted by Crippen LogP contribution is 2.17. The Labute approximate surface area is 329 Å². The molecule has 0 aromatic carbocycles. The molecule has 2 atom stereocenters. The lowest BCUT2D eigenvalue weighted by Crippen LogP contribution is -2.30. The molecule has 0 aliphatic rings. The van der Waals surface area contributed by atoms with Gasteiger partial charge in [-0.05, 0) is 31.1 Å². The maximum atomic E-state index is 12.7. The first-order chi connectivity index (χ1) is 25.8. The van der Waals surface area contributed by atoms with Gasteiger partial charge >= 0.3 is 17.9 Å². The predicted octanol–water partition coefficient (Wildman–Crippen LogP) is 14.6. The zero-order valence-electron chi connectivity index (χ0n) is 36.1. The summed E-state index contributed by atoms with van der Waals surface area (Å²) < 4.78 is 16.7. The van der Waals surface area contributed by atoms with Crippen molar-refractivity contribution in [1.82, 2.24) is 0 Å². The molecule has 53 heavy (non-hydrogen) atoms. The molecule has 0 amide bonds. The van der Waals surface area contributed by atoms with Gasteiger partial charge in [0.15, 0.2) is 6.10 Å². The molecule has 0 bridgehead atoms. The molecular formula is C47H90O6. The first kappa shape index (κ1) is 51.4. The lowest BCUT2D eigenvalue weighted by atomic mass is 9.99. The number of carbonyl (C=O) groups excluding carboxylic acids is 3. The molecule has 0 saturated carbocycles. The summed E-state index contributed by atoms with van der Waals surface area (Å²) in [5.74, 6) is 0.750. The second kappa shape index (κ2) is 40.1. The lowest BCUT2D eigenvalue weighted by molar-refractivity contribution is -0.167. The topological polar surface area (TPSA) is 78.9 Å². The molecule has 314 valence electrons. The number of ether oxygens (including phenoxy) is 3. The Bertz CT molecular complexity index is 811. The van der Waals surface area contributed by atoms with Gasteiger partial charge in [0.05, 0.1) is 0 Å². The molecule has 0 rings (SSSR count). The fourth-order valence-electron chi connectivity index (χ4n) is 6.90. The normalized spacial score (nSPS) is 12.6. The number of esters is 3. The second-order valence-corrected chi connectivity index (χ2v) is 16.8. The van der Waals surface area contributed by atoms with Crippen molar-refractivity contribution in [2.45, 2.75) is 259 Å². The molecule has 0 saturated heterocycles. The largest absolute Gasteiger partial charge is 0.462 e. The third-order valence-electron chi connectivity index (χ3n) is 10.8. The summed E-state index contributed by atoms with van der Waals surface area (Å²) in [5, 5.41) is 0. The first-order valence-corrected chi connectivity index (χ1v) is 23.3. The molecule has 0 heterocycles. The van der Waals surface area contributed by atoms with Crippen LogP contribution in [0.25, 0.3) is 0 Å². The molecule has 6 nitrogen and oxygen atoms in total. The zero-order chi connectivity index (χ0) is 39.0. The van der Waals surface area contributed by atoms with Crippen LogP contribution < -0.4 is 0 Å². The molecule has 0 fully saturated rings. The molecule has 0 aromatic heterocycles.